The molecular weight excluding hydrogens is 2010 g/mol. The Morgan fingerprint density at radius 3 is 0.804 bits per heavy atom. The molecule has 0 bridgehead atoms. The third kappa shape index (κ3) is 14.0. The van der Waals surface area contributed by atoms with E-state index in [0.29, 0.717) is 66.4 Å². The van der Waals surface area contributed by atoms with Gasteiger partial charge in [-0.25, -0.2) is 45.1 Å². The van der Waals surface area contributed by atoms with Crippen molar-refractivity contribution < 1.29 is 93.7 Å². The van der Waals surface area contributed by atoms with Gasteiger partial charge in [-0.05, 0) is 103 Å². The largest absolute Gasteiger partial charge is 0.502 e. The number of hydrogen-bond acceptors (Lipinski definition) is 26. The molecule has 8 aromatic heterocycles. The van der Waals surface area contributed by atoms with E-state index in [4.69, 9.17) is 18.9 Å². The van der Waals surface area contributed by atoms with Crippen molar-refractivity contribution in [3.63, 3.8) is 0 Å². The van der Waals surface area contributed by atoms with Crippen LogP contribution < -0.4 is 41.8 Å². The molecule has 4 saturated heterocycles. The van der Waals surface area contributed by atoms with Crippen LogP contribution >= 0.6 is 45.3 Å². The lowest BCUT2D eigenvalue weighted by Crippen LogP contribution is -2.66. The maximum atomic E-state index is 15.6. The zero-order valence-corrected chi connectivity index (χ0v) is 79.9. The molecule has 0 saturated carbocycles. The lowest BCUT2D eigenvalue weighted by Gasteiger charge is -2.51. The third-order valence-corrected chi connectivity index (χ3v) is 32.5. The van der Waals surface area contributed by atoms with Crippen molar-refractivity contribution in [2.75, 3.05) is 99.1 Å². The summed E-state index contributed by atoms with van der Waals surface area (Å²) in [7, 11) is 0. The van der Waals surface area contributed by atoms with Crippen molar-refractivity contribution in [2.24, 2.45) is 0 Å². The molecule has 16 aromatic rings. The molecule has 42 heteroatoms. The molecule has 30 nitrogen and oxygen atoms in total. The number of ether oxygens (including phenoxy) is 4. The van der Waals surface area contributed by atoms with Crippen LogP contribution in [-0.2, 0) is 18.9 Å². The molecule has 0 spiro atoms. The number of carbonyl (C=O) groups is 4. The first-order valence-electron chi connectivity index (χ1n) is 46.7. The van der Waals surface area contributed by atoms with Crippen molar-refractivity contribution in [2.45, 2.75) is 48.8 Å². The van der Waals surface area contributed by atoms with Gasteiger partial charge in [0, 0.05) is 129 Å². The Bertz CT molecular complexity index is 7650. The number of morpholine rings is 4. The maximum absolute atomic E-state index is 15.6. The molecule has 8 aliphatic heterocycles. The number of nitrogens with zero attached hydrogens (tertiary/aromatic N) is 14. The molecule has 16 heterocycles. The van der Waals surface area contributed by atoms with Crippen molar-refractivity contribution in [3.8, 4) is 110 Å². The molecule has 28 rings (SSSR count). The number of thiazole rings is 2. The second kappa shape index (κ2) is 35.9. The van der Waals surface area contributed by atoms with Gasteiger partial charge in [-0.2, -0.15) is 0 Å². The smallest absolute Gasteiger partial charge is 0.278 e. The Morgan fingerprint density at radius 1 is 0.277 bits per heavy atom. The maximum Gasteiger partial charge on any atom is 0.278 e. The van der Waals surface area contributed by atoms with Gasteiger partial charge in [0.1, 0.15) is 24.7 Å². The number of thiophene rings is 2. The molecule has 744 valence electrons. The van der Waals surface area contributed by atoms with Crippen LogP contribution in [0.25, 0.3) is 86.5 Å². The van der Waals surface area contributed by atoms with Gasteiger partial charge in [0.2, 0.25) is 21.7 Å². The number of rotatable bonds is 4. The van der Waals surface area contributed by atoms with Crippen LogP contribution in [0, 0.1) is 46.5 Å². The number of carbonyl (C=O) groups excluding carboxylic acids is 4. The molecule has 4 fully saturated rings. The van der Waals surface area contributed by atoms with Crippen LogP contribution in [0.4, 0.5) is 35.1 Å². The summed E-state index contributed by atoms with van der Waals surface area (Å²) in [6.45, 7) is 2.68. The lowest BCUT2D eigenvalue weighted by molar-refractivity contribution is -0.0197. The molecule has 8 atom stereocenters. The first-order chi connectivity index (χ1) is 71.9. The third-order valence-electron chi connectivity index (χ3n) is 28.9. The second-order valence-electron chi connectivity index (χ2n) is 36.3. The van der Waals surface area contributed by atoms with Crippen LogP contribution in [0.2, 0.25) is 0 Å². The number of fused-ring (bicyclic) bond motifs is 28. The van der Waals surface area contributed by atoms with Gasteiger partial charge in [-0.1, -0.05) is 121 Å². The zero-order valence-electron chi connectivity index (χ0n) is 76.6. The number of amides is 4. The SMILES string of the molecule is O=C1c2c(O)c(=O)ccn2N(C2c3ccccc3-c3ccsc3-c3c2ccc(F)c3F)C2COCCN12.O=C1c2c(O)c(=O)ccn2N(C2c3ccccc3-c3ncsc3-c3c2ccc(F)c3F)C2COCCN12.O=C1c2c(O)c(=O)ccn2N([C@@H]2c3ccccc3-c3ccsc3-c3c2ccc(F)c3F)[C@@H]2COCCN12.O=C1c2c(O)c(=O)ccn2N([C@@H]2c3ccccc3-c3ncsc3-c3c2ccc(F)c3F)[C@@H]2COCCN12. The van der Waals surface area contributed by atoms with Gasteiger partial charge < -0.3 is 59.0 Å². The number of benzene rings is 8. The van der Waals surface area contributed by atoms with Gasteiger partial charge in [-0.15, -0.1) is 45.3 Å². The molecule has 4 aliphatic carbocycles. The molecule has 4 unspecified atom stereocenters. The van der Waals surface area contributed by atoms with E-state index in [1.807, 2.05) is 130 Å². The topological polar surface area (TPSA) is 326 Å². The van der Waals surface area contributed by atoms with Crippen LogP contribution in [0.1, 0.15) is 111 Å². The molecular formula is C106H74F8N14O16S4. The van der Waals surface area contributed by atoms with Gasteiger partial charge in [0.05, 0.1) is 109 Å². The van der Waals surface area contributed by atoms with Crippen molar-refractivity contribution in [1.82, 2.24) is 48.3 Å². The van der Waals surface area contributed by atoms with Crippen LogP contribution in [-0.4, -0.2) is 196 Å². The van der Waals surface area contributed by atoms with E-state index in [-0.39, 0.29) is 111 Å². The van der Waals surface area contributed by atoms with Gasteiger partial charge in [-0.3, -0.25) is 77.1 Å². The van der Waals surface area contributed by atoms with E-state index >= 15 is 17.6 Å². The summed E-state index contributed by atoms with van der Waals surface area (Å²) >= 11 is 5.09. The predicted molar refractivity (Wildman–Crippen MR) is 528 cm³/mol. The van der Waals surface area contributed by atoms with Crippen molar-refractivity contribution >= 4 is 69.0 Å². The fourth-order valence-corrected chi connectivity index (χ4v) is 26.2. The Balaban J connectivity index is 0.000000103. The highest BCUT2D eigenvalue weighted by Gasteiger charge is 2.54. The summed E-state index contributed by atoms with van der Waals surface area (Å²) in [5, 5.41) is 53.7. The average Bonchev–Trinajstić information content (AvgIpc) is 1.69. The van der Waals surface area contributed by atoms with E-state index < -0.39 is 164 Å². The molecule has 12 aliphatic rings. The normalized spacial score (nSPS) is 19.9. The van der Waals surface area contributed by atoms with Crippen LogP contribution in [0.15, 0.2) is 248 Å². The summed E-state index contributed by atoms with van der Waals surface area (Å²) in [5.74, 6) is -12.4. The van der Waals surface area contributed by atoms with Crippen LogP contribution in [0.3, 0.4) is 0 Å². The Kier molecular flexibility index (Phi) is 22.5. The first-order valence-corrected chi connectivity index (χ1v) is 50.2. The highest BCUT2D eigenvalue weighted by molar-refractivity contribution is 7.15. The number of pyridine rings is 4. The monoisotopic (exact) mass is 2080 g/mol. The summed E-state index contributed by atoms with van der Waals surface area (Å²) < 4.78 is 150. The fraction of sp³-hybridized carbons (Fsp3) is 0.189. The van der Waals surface area contributed by atoms with E-state index in [0.717, 1.165) is 79.9 Å². The average molecular weight is 2080 g/mol. The van der Waals surface area contributed by atoms with Crippen LogP contribution in [0.5, 0.6) is 23.0 Å². The number of halogens is 8. The van der Waals surface area contributed by atoms with Crippen molar-refractivity contribution in [3.05, 3.63) is 383 Å². The quantitative estimate of drug-likeness (QED) is 0.119. The highest BCUT2D eigenvalue weighted by Crippen LogP contribution is 2.58. The summed E-state index contributed by atoms with van der Waals surface area (Å²) in [6.07, 6.45) is 3.13. The van der Waals surface area contributed by atoms with Gasteiger partial charge in [0.25, 0.3) is 23.6 Å². The van der Waals surface area contributed by atoms with E-state index in [2.05, 4.69) is 9.97 Å². The van der Waals surface area contributed by atoms with E-state index in [1.54, 1.807) is 52.8 Å². The Morgan fingerprint density at radius 2 is 0.527 bits per heavy atom. The molecule has 8 aromatic carbocycles. The van der Waals surface area contributed by atoms with E-state index in [1.165, 1.54) is 125 Å². The fourth-order valence-electron chi connectivity index (χ4n) is 22.6. The minimum absolute atomic E-state index is 0.0886. The summed E-state index contributed by atoms with van der Waals surface area (Å²) in [4.78, 5) is 121. The number of aromatic nitrogens is 6. The summed E-state index contributed by atoms with van der Waals surface area (Å²) in [6, 6.07) is 46.2. The zero-order chi connectivity index (χ0) is 102. The second-order valence-corrected chi connectivity index (χ2v) is 39.8. The van der Waals surface area contributed by atoms with Crippen molar-refractivity contribution in [1.29, 1.82) is 0 Å². The highest BCUT2D eigenvalue weighted by atomic mass is 32.1. The molecule has 4 amide bonds. The lowest BCUT2D eigenvalue weighted by atomic mass is 9.92. The minimum Gasteiger partial charge on any atom is -0.502 e. The van der Waals surface area contributed by atoms with E-state index in [9.17, 15) is 76.3 Å². The Labute approximate surface area is 846 Å². The minimum atomic E-state index is -0.992. The predicted octanol–water partition coefficient (Wildman–Crippen LogP) is 15.1. The first kappa shape index (κ1) is 92.9. The molecule has 4 N–H and O–H groups in total. The van der Waals surface area contributed by atoms with Gasteiger partial charge in [0.15, 0.2) is 92.3 Å². The summed E-state index contributed by atoms with van der Waals surface area (Å²) in [5.41, 5.74) is 11.0. The number of aromatic hydroxyl groups is 4. The standard InChI is InChI=1S/2C27H19F2N3O4S.2C26H18F2N4O4S/c2*28-18-6-5-17-21(22(18)29)26-16(8-12-37-26)14-3-1-2-4-15(14)23(17)32-20-13-36-11-10-30(20)27(35)24-25(34)19(33)7-9-31(24)32;2*27-16-6-5-15-19(20(16)28)25-21(29-12-37-25)13-3-1-2-4-14(13)22(15)32-18-11-36-10-9-30(18)26(35)23-24(34)17(33)7-8-31(23)32/h2*1-9,12,20,23,34H,10-11,13H2;2*1-8,12,18,22,34H,9-11H2/t20-,23-;;18-,22-;/m1.1./s1. The Hall–Kier alpha value is -16.2. The molecule has 0 radical (unpaired) electrons. The molecule has 148 heavy (non-hydrogen) atoms. The number of hydrogen-bond donors (Lipinski definition) is 4. The van der Waals surface area contributed by atoms with Gasteiger partial charge >= 0.3 is 0 Å².